The van der Waals surface area contributed by atoms with Gasteiger partial charge in [0.2, 0.25) is 0 Å². The summed E-state index contributed by atoms with van der Waals surface area (Å²) in [6, 6.07) is 12.3. The van der Waals surface area contributed by atoms with Crippen LogP contribution in [-0.4, -0.2) is 42.6 Å². The Labute approximate surface area is 193 Å². The van der Waals surface area contributed by atoms with E-state index in [-0.39, 0.29) is 18.0 Å². The topological polar surface area (TPSA) is 114 Å². The van der Waals surface area contributed by atoms with Crippen molar-refractivity contribution in [2.45, 2.75) is 33.2 Å². The van der Waals surface area contributed by atoms with Gasteiger partial charge in [-0.1, -0.05) is 26.0 Å². The molecule has 0 bridgehead atoms. The molecule has 0 aromatic heterocycles. The van der Waals surface area contributed by atoms with E-state index in [0.717, 1.165) is 0 Å². The van der Waals surface area contributed by atoms with Crippen molar-refractivity contribution in [3.05, 3.63) is 65.4 Å². The van der Waals surface area contributed by atoms with E-state index in [9.17, 15) is 19.5 Å². The second kappa shape index (κ2) is 12.3. The molecule has 8 heteroatoms. The van der Waals surface area contributed by atoms with Gasteiger partial charge in [-0.15, -0.1) is 0 Å². The summed E-state index contributed by atoms with van der Waals surface area (Å²) in [5.41, 5.74) is 0.877. The molecule has 33 heavy (non-hydrogen) atoms. The van der Waals surface area contributed by atoms with E-state index in [1.807, 2.05) is 20.8 Å². The number of carboxylic acid groups (broad SMARTS) is 1. The van der Waals surface area contributed by atoms with E-state index in [1.165, 1.54) is 13.2 Å². The number of carbonyl (C=O) groups excluding carboxylic acids is 2. The highest BCUT2D eigenvalue weighted by Gasteiger charge is 2.24. The standard InChI is InChI=1S/C25H30N2O6/c1-5-33-20-10-6-17(7-11-20)15-21(24(29)27-22(25(30)31)14-16(2)3)26-23(28)18-8-12-19(32-4)13-9-18/h6-13,15-16,22H,5,14H2,1-4H3,(H,26,28)(H,27,29)(H,30,31)/b21-15+. The van der Waals surface area contributed by atoms with Crippen LogP contribution in [0.1, 0.15) is 43.1 Å². The Balaban J connectivity index is 2.31. The van der Waals surface area contributed by atoms with Crippen LogP contribution in [-0.2, 0) is 9.59 Å². The summed E-state index contributed by atoms with van der Waals surface area (Å²) in [4.78, 5) is 37.4. The lowest BCUT2D eigenvalue weighted by atomic mass is 10.0. The Bertz CT molecular complexity index is 981. The largest absolute Gasteiger partial charge is 0.497 e. The van der Waals surface area contributed by atoms with Crippen LogP contribution >= 0.6 is 0 Å². The van der Waals surface area contributed by atoms with Crippen molar-refractivity contribution >= 4 is 23.9 Å². The summed E-state index contributed by atoms with van der Waals surface area (Å²) in [6.45, 7) is 6.13. The number of rotatable bonds is 11. The highest BCUT2D eigenvalue weighted by atomic mass is 16.5. The molecule has 2 aromatic carbocycles. The quantitative estimate of drug-likeness (QED) is 0.448. The highest BCUT2D eigenvalue weighted by Crippen LogP contribution is 2.16. The summed E-state index contributed by atoms with van der Waals surface area (Å²) in [6.07, 6.45) is 1.74. The maximum absolute atomic E-state index is 13.0. The van der Waals surface area contributed by atoms with Crippen molar-refractivity contribution in [2.24, 2.45) is 5.92 Å². The number of aliphatic carboxylic acids is 1. The number of ether oxygens (including phenoxy) is 2. The summed E-state index contributed by atoms with van der Waals surface area (Å²) in [7, 11) is 1.52. The number of carboxylic acids is 1. The van der Waals surface area contributed by atoms with Crippen LogP contribution in [0.2, 0.25) is 0 Å². The normalized spacial score (nSPS) is 12.1. The first-order valence-electron chi connectivity index (χ1n) is 10.7. The maximum Gasteiger partial charge on any atom is 0.326 e. The smallest absolute Gasteiger partial charge is 0.326 e. The van der Waals surface area contributed by atoms with Crippen molar-refractivity contribution in [2.75, 3.05) is 13.7 Å². The van der Waals surface area contributed by atoms with Gasteiger partial charge >= 0.3 is 5.97 Å². The molecule has 3 N–H and O–H groups in total. The second-order valence-electron chi connectivity index (χ2n) is 7.74. The van der Waals surface area contributed by atoms with E-state index in [4.69, 9.17) is 9.47 Å². The third-order valence-corrected chi connectivity index (χ3v) is 4.66. The molecule has 0 radical (unpaired) electrons. The molecule has 176 valence electrons. The monoisotopic (exact) mass is 454 g/mol. The molecule has 2 amide bonds. The Kier molecular flexibility index (Phi) is 9.47. The van der Waals surface area contributed by atoms with Gasteiger partial charge in [-0.3, -0.25) is 9.59 Å². The molecule has 0 spiro atoms. The summed E-state index contributed by atoms with van der Waals surface area (Å²) >= 11 is 0. The fourth-order valence-electron chi connectivity index (χ4n) is 3.02. The van der Waals surface area contributed by atoms with Gasteiger partial charge in [0.05, 0.1) is 13.7 Å². The molecule has 0 heterocycles. The van der Waals surface area contributed by atoms with Crippen LogP contribution in [0.3, 0.4) is 0 Å². The van der Waals surface area contributed by atoms with Crippen molar-refractivity contribution in [1.29, 1.82) is 0 Å². The predicted molar refractivity (Wildman–Crippen MR) is 125 cm³/mol. The number of hydrogen-bond acceptors (Lipinski definition) is 5. The summed E-state index contributed by atoms with van der Waals surface area (Å²) in [5.74, 6) is -1.03. The molecule has 2 rings (SSSR count). The van der Waals surface area contributed by atoms with E-state index in [1.54, 1.807) is 48.5 Å². The Hall–Kier alpha value is -3.81. The zero-order valence-corrected chi connectivity index (χ0v) is 19.3. The molecule has 2 aromatic rings. The number of nitrogens with one attached hydrogen (secondary N) is 2. The lowest BCUT2D eigenvalue weighted by Crippen LogP contribution is -2.45. The average Bonchev–Trinajstić information content (AvgIpc) is 2.79. The molecule has 0 aliphatic heterocycles. The van der Waals surface area contributed by atoms with E-state index < -0.39 is 23.8 Å². The number of hydrogen-bond donors (Lipinski definition) is 3. The van der Waals surface area contributed by atoms with Gasteiger partial charge in [0.15, 0.2) is 0 Å². The predicted octanol–water partition coefficient (Wildman–Crippen LogP) is 3.48. The van der Waals surface area contributed by atoms with Crippen LogP contribution in [0.4, 0.5) is 0 Å². The van der Waals surface area contributed by atoms with Crippen molar-refractivity contribution in [1.82, 2.24) is 10.6 Å². The molecule has 0 aliphatic carbocycles. The lowest BCUT2D eigenvalue weighted by Gasteiger charge is -2.18. The minimum absolute atomic E-state index is 0.0545. The van der Waals surface area contributed by atoms with Gasteiger partial charge in [0.1, 0.15) is 23.2 Å². The molecule has 1 unspecified atom stereocenters. The fraction of sp³-hybridized carbons (Fsp3) is 0.320. The van der Waals surface area contributed by atoms with E-state index >= 15 is 0 Å². The average molecular weight is 455 g/mol. The highest BCUT2D eigenvalue weighted by molar-refractivity contribution is 6.06. The second-order valence-corrected chi connectivity index (χ2v) is 7.74. The van der Waals surface area contributed by atoms with Crippen LogP contribution in [0.15, 0.2) is 54.2 Å². The van der Waals surface area contributed by atoms with Crippen molar-refractivity contribution in [3.8, 4) is 11.5 Å². The Morgan fingerprint density at radius 2 is 1.61 bits per heavy atom. The van der Waals surface area contributed by atoms with Gasteiger partial charge < -0.3 is 25.2 Å². The Morgan fingerprint density at radius 1 is 1.00 bits per heavy atom. The van der Waals surface area contributed by atoms with Gasteiger partial charge in [0, 0.05) is 5.56 Å². The zero-order valence-electron chi connectivity index (χ0n) is 19.3. The minimum Gasteiger partial charge on any atom is -0.497 e. The lowest BCUT2D eigenvalue weighted by molar-refractivity contribution is -0.141. The van der Waals surface area contributed by atoms with E-state index in [0.29, 0.717) is 29.2 Å². The number of benzene rings is 2. The summed E-state index contributed by atoms with van der Waals surface area (Å²) < 4.78 is 10.5. The minimum atomic E-state index is -1.14. The van der Waals surface area contributed by atoms with Gasteiger partial charge in [-0.2, -0.15) is 0 Å². The van der Waals surface area contributed by atoms with Gasteiger partial charge in [-0.05, 0) is 67.3 Å². The van der Waals surface area contributed by atoms with E-state index in [2.05, 4.69) is 10.6 Å². The molecule has 0 saturated carbocycles. The number of methoxy groups -OCH3 is 1. The molecule has 0 fully saturated rings. The van der Waals surface area contributed by atoms with Crippen LogP contribution in [0, 0.1) is 5.92 Å². The van der Waals surface area contributed by atoms with Crippen molar-refractivity contribution in [3.63, 3.8) is 0 Å². The first kappa shape index (κ1) is 25.5. The fourth-order valence-corrected chi connectivity index (χ4v) is 3.02. The zero-order chi connectivity index (χ0) is 24.4. The third-order valence-electron chi connectivity index (χ3n) is 4.66. The number of amides is 2. The SMILES string of the molecule is CCOc1ccc(/C=C(/NC(=O)c2ccc(OC)cc2)C(=O)NC(CC(C)C)C(=O)O)cc1. The first-order chi connectivity index (χ1) is 15.7. The molecule has 0 aliphatic rings. The molecule has 1 atom stereocenters. The maximum atomic E-state index is 13.0. The Morgan fingerprint density at radius 3 is 2.12 bits per heavy atom. The first-order valence-corrected chi connectivity index (χ1v) is 10.7. The van der Waals surface area contributed by atoms with Crippen LogP contribution in [0.5, 0.6) is 11.5 Å². The van der Waals surface area contributed by atoms with Gasteiger partial charge in [0.25, 0.3) is 11.8 Å². The van der Waals surface area contributed by atoms with Gasteiger partial charge in [-0.25, -0.2) is 4.79 Å². The molecular weight excluding hydrogens is 424 g/mol. The summed E-state index contributed by atoms with van der Waals surface area (Å²) in [5, 5.41) is 14.6. The third kappa shape index (κ3) is 7.99. The molecular formula is C25H30N2O6. The molecule has 0 saturated heterocycles. The van der Waals surface area contributed by atoms with Crippen LogP contribution in [0.25, 0.3) is 6.08 Å². The number of carbonyl (C=O) groups is 3. The molecule has 8 nitrogen and oxygen atoms in total. The van der Waals surface area contributed by atoms with Crippen LogP contribution < -0.4 is 20.1 Å². The van der Waals surface area contributed by atoms with Crippen molar-refractivity contribution < 1.29 is 29.0 Å².